The zero-order valence-corrected chi connectivity index (χ0v) is 16.1. The van der Waals surface area contributed by atoms with Gasteiger partial charge in [-0.15, -0.1) is 12.4 Å². The van der Waals surface area contributed by atoms with E-state index in [2.05, 4.69) is 36.1 Å². The second-order valence-electron chi connectivity index (χ2n) is 6.79. The number of benzene rings is 2. The molecular formula is C21H28ClN3O. The van der Waals surface area contributed by atoms with Gasteiger partial charge in [0.25, 0.3) is 5.91 Å². The van der Waals surface area contributed by atoms with E-state index in [0.717, 1.165) is 43.7 Å². The molecule has 0 saturated carbocycles. The number of carbonyl (C=O) groups is 1. The van der Waals surface area contributed by atoms with Crippen molar-refractivity contribution >= 4 is 18.3 Å². The Morgan fingerprint density at radius 1 is 1.00 bits per heavy atom. The Hall–Kier alpha value is -1.88. The first-order chi connectivity index (χ1) is 12.2. The van der Waals surface area contributed by atoms with Crippen LogP contribution >= 0.6 is 12.4 Å². The van der Waals surface area contributed by atoms with Crippen molar-refractivity contribution in [1.82, 2.24) is 9.80 Å². The molecule has 1 unspecified atom stereocenters. The highest BCUT2D eigenvalue weighted by molar-refractivity contribution is 5.94. The molecule has 0 spiro atoms. The molecular weight excluding hydrogens is 346 g/mol. The first-order valence-corrected chi connectivity index (χ1v) is 9.03. The maximum Gasteiger partial charge on any atom is 0.253 e. The van der Waals surface area contributed by atoms with Crippen molar-refractivity contribution < 1.29 is 4.79 Å². The van der Waals surface area contributed by atoms with Crippen LogP contribution in [0.3, 0.4) is 0 Å². The third-order valence-corrected chi connectivity index (χ3v) is 5.05. The summed E-state index contributed by atoms with van der Waals surface area (Å²) in [6.07, 6.45) is 0.999. The van der Waals surface area contributed by atoms with Gasteiger partial charge in [-0.05, 0) is 36.6 Å². The van der Waals surface area contributed by atoms with Crippen LogP contribution < -0.4 is 5.73 Å². The molecule has 0 aliphatic carbocycles. The van der Waals surface area contributed by atoms with Crippen LogP contribution in [0.5, 0.6) is 0 Å². The molecule has 1 heterocycles. The molecule has 1 aliphatic heterocycles. The monoisotopic (exact) mass is 373 g/mol. The van der Waals surface area contributed by atoms with Gasteiger partial charge >= 0.3 is 0 Å². The van der Waals surface area contributed by atoms with Crippen LogP contribution in [0.15, 0.2) is 54.6 Å². The summed E-state index contributed by atoms with van der Waals surface area (Å²) in [6.45, 7) is 6.19. The lowest BCUT2D eigenvalue weighted by Gasteiger charge is -2.26. The van der Waals surface area contributed by atoms with Crippen molar-refractivity contribution in [2.45, 2.75) is 32.5 Å². The summed E-state index contributed by atoms with van der Waals surface area (Å²) in [5, 5.41) is 0. The minimum Gasteiger partial charge on any atom is -0.337 e. The first kappa shape index (κ1) is 20.4. The third kappa shape index (κ3) is 5.07. The molecule has 140 valence electrons. The summed E-state index contributed by atoms with van der Waals surface area (Å²) in [7, 11) is 0. The van der Waals surface area contributed by atoms with Gasteiger partial charge in [0.05, 0.1) is 0 Å². The summed E-state index contributed by atoms with van der Waals surface area (Å²) in [5.74, 6) is 0.123. The number of hydrogen-bond acceptors (Lipinski definition) is 3. The largest absolute Gasteiger partial charge is 0.337 e. The topological polar surface area (TPSA) is 49.6 Å². The van der Waals surface area contributed by atoms with Gasteiger partial charge in [0, 0.05) is 44.3 Å². The molecule has 3 rings (SSSR count). The maximum atomic E-state index is 12.8. The van der Waals surface area contributed by atoms with E-state index in [4.69, 9.17) is 5.73 Å². The number of nitrogens with two attached hydrogens (primary N) is 1. The third-order valence-electron chi connectivity index (χ3n) is 5.05. The summed E-state index contributed by atoms with van der Waals surface area (Å²) < 4.78 is 0. The molecule has 1 amide bonds. The van der Waals surface area contributed by atoms with Crippen LogP contribution in [0, 0.1) is 0 Å². The molecule has 2 aromatic rings. The predicted octanol–water partition coefficient (Wildman–Crippen LogP) is 3.30. The summed E-state index contributed by atoms with van der Waals surface area (Å²) in [6, 6.07) is 18.7. The standard InChI is InChI=1S/C21H27N3O.ClH/c1-17-11-12-23(21(25)20-9-7-18(15-22)8-10-20)13-14-24(17)16-19-5-3-2-4-6-19;/h2-10,17H,11-16,22H2,1H3;1H. The number of nitrogens with zero attached hydrogens (tertiary/aromatic N) is 2. The van der Waals surface area contributed by atoms with Gasteiger partial charge in [-0.2, -0.15) is 0 Å². The van der Waals surface area contributed by atoms with E-state index in [1.54, 1.807) is 0 Å². The molecule has 1 aliphatic rings. The minimum atomic E-state index is 0. The Balaban J connectivity index is 0.00000243. The van der Waals surface area contributed by atoms with Crippen molar-refractivity contribution in [1.29, 1.82) is 0 Å². The van der Waals surface area contributed by atoms with Crippen LogP contribution in [0.4, 0.5) is 0 Å². The average Bonchev–Trinajstić information content (AvgIpc) is 2.84. The number of hydrogen-bond donors (Lipinski definition) is 1. The van der Waals surface area contributed by atoms with E-state index >= 15 is 0 Å². The molecule has 0 aromatic heterocycles. The molecule has 4 nitrogen and oxygen atoms in total. The van der Waals surface area contributed by atoms with Crippen LogP contribution in [0.2, 0.25) is 0 Å². The van der Waals surface area contributed by atoms with E-state index in [1.807, 2.05) is 35.2 Å². The van der Waals surface area contributed by atoms with Gasteiger partial charge in [-0.1, -0.05) is 42.5 Å². The van der Waals surface area contributed by atoms with Gasteiger partial charge in [0.1, 0.15) is 0 Å². The normalized spacial score (nSPS) is 18.1. The van der Waals surface area contributed by atoms with Crippen LogP contribution in [0.1, 0.15) is 34.8 Å². The lowest BCUT2D eigenvalue weighted by Crippen LogP contribution is -2.36. The lowest BCUT2D eigenvalue weighted by atomic mass is 10.1. The summed E-state index contributed by atoms with van der Waals surface area (Å²) in [4.78, 5) is 17.3. The Morgan fingerprint density at radius 2 is 1.69 bits per heavy atom. The second-order valence-corrected chi connectivity index (χ2v) is 6.79. The fourth-order valence-electron chi connectivity index (χ4n) is 3.33. The molecule has 2 aromatic carbocycles. The van der Waals surface area contributed by atoms with E-state index in [-0.39, 0.29) is 18.3 Å². The molecule has 0 bridgehead atoms. The highest BCUT2D eigenvalue weighted by Crippen LogP contribution is 2.17. The van der Waals surface area contributed by atoms with E-state index in [1.165, 1.54) is 5.56 Å². The average molecular weight is 374 g/mol. The summed E-state index contributed by atoms with van der Waals surface area (Å²) >= 11 is 0. The van der Waals surface area contributed by atoms with Gasteiger partial charge in [-0.25, -0.2) is 0 Å². The molecule has 1 fully saturated rings. The molecule has 26 heavy (non-hydrogen) atoms. The number of halogens is 1. The fraction of sp³-hybridized carbons (Fsp3) is 0.381. The molecule has 1 saturated heterocycles. The van der Waals surface area contributed by atoms with Crippen molar-refractivity contribution in [3.05, 3.63) is 71.3 Å². The lowest BCUT2D eigenvalue weighted by molar-refractivity contribution is 0.0761. The predicted molar refractivity (Wildman–Crippen MR) is 108 cm³/mol. The van der Waals surface area contributed by atoms with E-state index in [0.29, 0.717) is 12.6 Å². The highest BCUT2D eigenvalue weighted by atomic mass is 35.5. The van der Waals surface area contributed by atoms with E-state index in [9.17, 15) is 4.79 Å². The number of rotatable bonds is 4. The quantitative estimate of drug-likeness (QED) is 0.894. The van der Waals surface area contributed by atoms with Crippen LogP contribution in [0.25, 0.3) is 0 Å². The Bertz CT molecular complexity index is 690. The molecule has 0 radical (unpaired) electrons. The van der Waals surface area contributed by atoms with E-state index < -0.39 is 0 Å². The van der Waals surface area contributed by atoms with Crippen molar-refractivity contribution in [3.8, 4) is 0 Å². The number of carbonyl (C=O) groups excluding carboxylic acids is 1. The van der Waals surface area contributed by atoms with Gasteiger partial charge in [0.2, 0.25) is 0 Å². The smallest absolute Gasteiger partial charge is 0.253 e. The van der Waals surface area contributed by atoms with Gasteiger partial charge in [0.15, 0.2) is 0 Å². The Morgan fingerprint density at radius 3 is 2.35 bits per heavy atom. The number of amides is 1. The molecule has 2 N–H and O–H groups in total. The fourth-order valence-corrected chi connectivity index (χ4v) is 3.33. The zero-order chi connectivity index (χ0) is 17.6. The maximum absolute atomic E-state index is 12.8. The van der Waals surface area contributed by atoms with Gasteiger partial charge in [-0.3, -0.25) is 9.69 Å². The SMILES string of the molecule is CC1CCN(C(=O)c2ccc(CN)cc2)CCN1Cc1ccccc1.Cl. The highest BCUT2D eigenvalue weighted by Gasteiger charge is 2.24. The van der Waals surface area contributed by atoms with Crippen LogP contribution in [-0.2, 0) is 13.1 Å². The van der Waals surface area contributed by atoms with Crippen molar-refractivity contribution in [3.63, 3.8) is 0 Å². The molecule has 1 atom stereocenters. The van der Waals surface area contributed by atoms with Crippen molar-refractivity contribution in [2.24, 2.45) is 5.73 Å². The first-order valence-electron chi connectivity index (χ1n) is 9.03. The van der Waals surface area contributed by atoms with Crippen molar-refractivity contribution in [2.75, 3.05) is 19.6 Å². The van der Waals surface area contributed by atoms with Gasteiger partial charge < -0.3 is 10.6 Å². The Labute approximate surface area is 162 Å². The second kappa shape index (κ2) is 9.72. The zero-order valence-electron chi connectivity index (χ0n) is 15.3. The summed E-state index contributed by atoms with van der Waals surface area (Å²) in [5.41, 5.74) is 8.76. The Kier molecular flexibility index (Phi) is 7.64. The molecule has 5 heteroatoms. The van der Waals surface area contributed by atoms with Crippen LogP contribution in [-0.4, -0.2) is 41.4 Å². The minimum absolute atomic E-state index is 0.